The van der Waals surface area contributed by atoms with Crippen LogP contribution in [0.4, 0.5) is 0 Å². The van der Waals surface area contributed by atoms with Gasteiger partial charge in [-0.3, -0.25) is 4.55 Å². The maximum atomic E-state index is 10.9. The molecule has 0 aliphatic carbocycles. The maximum absolute atomic E-state index is 10.9. The Hall–Kier alpha value is -0.210. The molecule has 170 valence electrons. The predicted molar refractivity (Wildman–Crippen MR) is 116 cm³/mol. The summed E-state index contributed by atoms with van der Waals surface area (Å²) in [5.41, 5.74) is 0. The number of ether oxygens (including phenoxy) is 2. The predicted octanol–water partition coefficient (Wildman–Crippen LogP) is 4.29. The van der Waals surface area contributed by atoms with Crippen molar-refractivity contribution in [1.29, 1.82) is 0 Å². The average molecular weight is 425 g/mol. The zero-order valence-electron chi connectivity index (χ0n) is 18.7. The molecular weight excluding hydrogens is 378 g/mol. The van der Waals surface area contributed by atoms with Gasteiger partial charge in [0.05, 0.1) is 45.7 Å². The molecule has 0 amide bonds. The van der Waals surface area contributed by atoms with Crippen molar-refractivity contribution >= 4 is 10.1 Å². The number of rotatable bonds is 21. The molecular formula is C21H46NO5S+. The fraction of sp³-hybridized carbons (Fsp3) is 1.00. The summed E-state index contributed by atoms with van der Waals surface area (Å²) >= 11 is 0. The van der Waals surface area contributed by atoms with Crippen LogP contribution in [0.1, 0.15) is 78.1 Å². The van der Waals surface area contributed by atoms with Crippen LogP contribution in [-0.4, -0.2) is 76.3 Å². The Morgan fingerprint density at radius 3 is 1.82 bits per heavy atom. The van der Waals surface area contributed by atoms with E-state index >= 15 is 0 Å². The third-order valence-corrected chi connectivity index (χ3v) is 6.00. The first kappa shape index (κ1) is 27.8. The van der Waals surface area contributed by atoms with Crippen molar-refractivity contribution in [2.75, 3.05) is 58.9 Å². The fourth-order valence-electron chi connectivity index (χ4n) is 3.24. The molecule has 1 atom stereocenters. The minimum atomic E-state index is -3.85. The van der Waals surface area contributed by atoms with Crippen LogP contribution in [0.5, 0.6) is 0 Å². The van der Waals surface area contributed by atoms with Crippen LogP contribution >= 0.6 is 0 Å². The first-order valence-electron chi connectivity index (χ1n) is 11.3. The average Bonchev–Trinajstić information content (AvgIpc) is 2.63. The van der Waals surface area contributed by atoms with Gasteiger partial charge in [0.15, 0.2) is 0 Å². The van der Waals surface area contributed by atoms with Gasteiger partial charge in [-0.1, -0.05) is 46.0 Å². The number of hydrogen-bond donors (Lipinski definition) is 1. The summed E-state index contributed by atoms with van der Waals surface area (Å²) in [7, 11) is -1.61. The molecule has 6 nitrogen and oxygen atoms in total. The Bertz CT molecular complexity index is 444. The highest BCUT2D eigenvalue weighted by molar-refractivity contribution is 7.85. The van der Waals surface area contributed by atoms with E-state index in [0.717, 1.165) is 50.0 Å². The Kier molecular flexibility index (Phi) is 17.5. The van der Waals surface area contributed by atoms with E-state index in [1.165, 1.54) is 38.5 Å². The van der Waals surface area contributed by atoms with Crippen molar-refractivity contribution in [3.05, 3.63) is 0 Å². The molecule has 1 N–H and O–H groups in total. The zero-order chi connectivity index (χ0) is 21.1. The number of quaternary nitrogens is 1. The van der Waals surface area contributed by atoms with Crippen LogP contribution in [0.2, 0.25) is 0 Å². The van der Waals surface area contributed by atoms with E-state index in [2.05, 4.69) is 20.9 Å². The molecule has 0 saturated carbocycles. The number of nitrogens with zero attached hydrogens (tertiary/aromatic N) is 1. The summed E-state index contributed by atoms with van der Waals surface area (Å²) < 4.78 is 42.9. The van der Waals surface area contributed by atoms with Crippen molar-refractivity contribution in [3.63, 3.8) is 0 Å². The second-order valence-corrected chi connectivity index (χ2v) is 9.70. The van der Waals surface area contributed by atoms with Crippen LogP contribution in [-0.2, 0) is 19.6 Å². The first-order chi connectivity index (χ1) is 13.3. The third-order valence-electron chi connectivity index (χ3n) is 5.19. The topological polar surface area (TPSA) is 72.8 Å². The van der Waals surface area contributed by atoms with E-state index < -0.39 is 10.1 Å². The summed E-state index contributed by atoms with van der Waals surface area (Å²) in [5.74, 6) is -0.143. The van der Waals surface area contributed by atoms with Crippen molar-refractivity contribution in [2.24, 2.45) is 0 Å². The highest BCUT2D eigenvalue weighted by atomic mass is 32.2. The van der Waals surface area contributed by atoms with Crippen molar-refractivity contribution in [2.45, 2.75) is 78.1 Å². The van der Waals surface area contributed by atoms with Crippen LogP contribution in [0.15, 0.2) is 0 Å². The molecule has 0 spiro atoms. The highest BCUT2D eigenvalue weighted by Gasteiger charge is 2.21. The zero-order valence-corrected chi connectivity index (χ0v) is 19.5. The molecule has 0 fully saturated rings. The van der Waals surface area contributed by atoms with Crippen LogP contribution < -0.4 is 0 Å². The SMILES string of the molecule is CCCCCCCC[N+](C)(CCCCS(=O)(=O)O)CCOCCOCCCC. The molecule has 1 unspecified atom stereocenters. The summed E-state index contributed by atoms with van der Waals surface area (Å²) in [4.78, 5) is 0. The Morgan fingerprint density at radius 1 is 0.679 bits per heavy atom. The standard InChI is InChI=1S/C21H45NO5S/c1-4-6-8-9-10-11-14-22(3,15-12-13-21-28(23,24)25)16-18-27-20-19-26-17-7-5-2/h4-21H2,1-3H3/p+1. The maximum Gasteiger partial charge on any atom is 0.264 e. The van der Waals surface area contributed by atoms with Gasteiger partial charge < -0.3 is 14.0 Å². The van der Waals surface area contributed by atoms with Gasteiger partial charge in [0, 0.05) is 6.61 Å². The molecule has 0 bridgehead atoms. The van der Waals surface area contributed by atoms with Gasteiger partial charge >= 0.3 is 0 Å². The van der Waals surface area contributed by atoms with Gasteiger partial charge in [-0.25, -0.2) is 0 Å². The molecule has 0 aromatic rings. The molecule has 0 aromatic carbocycles. The van der Waals surface area contributed by atoms with Crippen molar-refractivity contribution < 1.29 is 26.9 Å². The van der Waals surface area contributed by atoms with Crippen LogP contribution in [0.3, 0.4) is 0 Å². The van der Waals surface area contributed by atoms with Gasteiger partial charge in [-0.05, 0) is 32.1 Å². The van der Waals surface area contributed by atoms with Crippen molar-refractivity contribution in [3.8, 4) is 0 Å². The monoisotopic (exact) mass is 424 g/mol. The van der Waals surface area contributed by atoms with E-state index in [4.69, 9.17) is 14.0 Å². The molecule has 0 rings (SSSR count). The fourth-order valence-corrected chi connectivity index (χ4v) is 3.81. The Balaban J connectivity index is 4.14. The molecule has 0 aromatic heterocycles. The molecule has 28 heavy (non-hydrogen) atoms. The largest absolute Gasteiger partial charge is 0.379 e. The van der Waals surface area contributed by atoms with Gasteiger partial charge in [0.25, 0.3) is 10.1 Å². The van der Waals surface area contributed by atoms with Crippen LogP contribution in [0.25, 0.3) is 0 Å². The summed E-state index contributed by atoms with van der Waals surface area (Å²) in [6.45, 7) is 10.1. The van der Waals surface area contributed by atoms with E-state index in [9.17, 15) is 8.42 Å². The number of likely N-dealkylation sites (N-methyl/N-ethyl adjacent to an activating group) is 1. The minimum absolute atomic E-state index is 0.143. The second kappa shape index (κ2) is 17.6. The van der Waals surface area contributed by atoms with E-state index in [1.807, 2.05) is 0 Å². The molecule has 0 heterocycles. The summed E-state index contributed by atoms with van der Waals surface area (Å²) in [5, 5.41) is 0. The summed E-state index contributed by atoms with van der Waals surface area (Å²) in [6, 6.07) is 0. The lowest BCUT2D eigenvalue weighted by molar-refractivity contribution is -0.910. The van der Waals surface area contributed by atoms with Crippen molar-refractivity contribution in [1.82, 2.24) is 0 Å². The Morgan fingerprint density at radius 2 is 1.21 bits per heavy atom. The molecule has 0 aliphatic rings. The van der Waals surface area contributed by atoms with E-state index in [1.54, 1.807) is 0 Å². The third kappa shape index (κ3) is 19.1. The normalized spacial score (nSPS) is 14.3. The van der Waals surface area contributed by atoms with Crippen LogP contribution in [0, 0.1) is 0 Å². The minimum Gasteiger partial charge on any atom is -0.379 e. The molecule has 0 radical (unpaired) electrons. The van der Waals surface area contributed by atoms with E-state index in [-0.39, 0.29) is 5.75 Å². The van der Waals surface area contributed by atoms with Gasteiger partial charge in [-0.15, -0.1) is 0 Å². The first-order valence-corrected chi connectivity index (χ1v) is 12.9. The number of unbranched alkanes of at least 4 members (excludes halogenated alkanes) is 7. The van der Waals surface area contributed by atoms with Gasteiger partial charge in [0.1, 0.15) is 6.54 Å². The smallest absolute Gasteiger partial charge is 0.264 e. The van der Waals surface area contributed by atoms with Gasteiger partial charge in [-0.2, -0.15) is 8.42 Å². The lowest BCUT2D eigenvalue weighted by Gasteiger charge is -2.35. The molecule has 0 saturated heterocycles. The second-order valence-electron chi connectivity index (χ2n) is 8.13. The number of hydrogen-bond acceptors (Lipinski definition) is 4. The summed E-state index contributed by atoms with van der Waals surface area (Å²) in [6.07, 6.45) is 11.2. The Labute approximate surface area is 174 Å². The lowest BCUT2D eigenvalue weighted by atomic mass is 10.1. The highest BCUT2D eigenvalue weighted by Crippen LogP contribution is 2.12. The molecule has 7 heteroatoms. The van der Waals surface area contributed by atoms with E-state index in [0.29, 0.717) is 26.2 Å². The molecule has 0 aliphatic heterocycles. The quantitative estimate of drug-likeness (QED) is 0.169. The van der Waals surface area contributed by atoms with Gasteiger partial charge in [0.2, 0.25) is 0 Å². The lowest BCUT2D eigenvalue weighted by Crippen LogP contribution is -2.48.